The molecule has 0 aliphatic heterocycles. The summed E-state index contributed by atoms with van der Waals surface area (Å²) in [5.41, 5.74) is 5.90. The van der Waals surface area contributed by atoms with E-state index < -0.39 is 0 Å². The molecule has 3 heteroatoms. The second kappa shape index (κ2) is 5.78. The topological polar surface area (TPSA) is 41.1 Å². The first-order chi connectivity index (χ1) is 9.52. The second-order valence-corrected chi connectivity index (χ2v) is 4.98. The summed E-state index contributed by atoms with van der Waals surface area (Å²) in [6.45, 7) is 6.04. The molecule has 0 spiro atoms. The zero-order chi connectivity index (χ0) is 14.7. The summed E-state index contributed by atoms with van der Waals surface area (Å²) in [6.07, 6.45) is 0. The predicted octanol–water partition coefficient (Wildman–Crippen LogP) is 3.91. The third kappa shape index (κ3) is 2.82. The average molecular weight is 268 g/mol. The van der Waals surface area contributed by atoms with E-state index in [1.54, 1.807) is 0 Å². The van der Waals surface area contributed by atoms with Crippen LogP contribution in [0.3, 0.4) is 0 Å². The summed E-state index contributed by atoms with van der Waals surface area (Å²) in [5.74, 6) is -0.0792. The highest BCUT2D eigenvalue weighted by atomic mass is 16.1. The molecule has 0 saturated heterocycles. The highest BCUT2D eigenvalue weighted by Gasteiger charge is 2.09. The first-order valence-electron chi connectivity index (χ1n) is 6.69. The van der Waals surface area contributed by atoms with E-state index in [4.69, 9.17) is 0 Å². The van der Waals surface area contributed by atoms with Crippen LogP contribution in [-0.2, 0) is 0 Å². The molecule has 0 unspecified atom stereocenters. The van der Waals surface area contributed by atoms with E-state index in [2.05, 4.69) is 10.6 Å². The lowest BCUT2D eigenvalue weighted by atomic mass is 10.1. The molecule has 2 aromatic carbocycles. The number of anilines is 2. The fourth-order valence-electron chi connectivity index (χ4n) is 2.17. The van der Waals surface area contributed by atoms with Gasteiger partial charge >= 0.3 is 0 Å². The van der Waals surface area contributed by atoms with Gasteiger partial charge in [0.25, 0.3) is 5.91 Å². The Balaban J connectivity index is 2.24. The molecule has 0 radical (unpaired) electrons. The van der Waals surface area contributed by atoms with Crippen LogP contribution in [0.4, 0.5) is 11.4 Å². The van der Waals surface area contributed by atoms with E-state index in [0.717, 1.165) is 22.5 Å². The Labute approximate surface area is 120 Å². The van der Waals surface area contributed by atoms with Crippen molar-refractivity contribution < 1.29 is 4.79 Å². The number of hydrogen-bond donors (Lipinski definition) is 2. The van der Waals surface area contributed by atoms with Gasteiger partial charge in [0, 0.05) is 24.0 Å². The molecule has 1 amide bonds. The second-order valence-electron chi connectivity index (χ2n) is 4.98. The van der Waals surface area contributed by atoms with Gasteiger partial charge in [0.15, 0.2) is 0 Å². The van der Waals surface area contributed by atoms with Gasteiger partial charge in [-0.05, 0) is 61.7 Å². The standard InChI is InChI=1S/C17H20N2O/c1-11-6-5-7-16(13(11)3)19-17(20)14-8-9-15(18-4)12(2)10-14/h5-10,18H,1-4H3,(H,19,20). The number of hydrogen-bond acceptors (Lipinski definition) is 2. The maximum atomic E-state index is 12.3. The Hall–Kier alpha value is -2.29. The van der Waals surface area contributed by atoms with Crippen LogP contribution in [0.2, 0.25) is 0 Å². The Morgan fingerprint density at radius 3 is 2.35 bits per heavy atom. The van der Waals surface area contributed by atoms with Crippen LogP contribution in [-0.4, -0.2) is 13.0 Å². The molecule has 2 N–H and O–H groups in total. The normalized spacial score (nSPS) is 10.2. The number of aryl methyl sites for hydroxylation is 2. The molecule has 2 aromatic rings. The zero-order valence-electron chi connectivity index (χ0n) is 12.4. The summed E-state index contributed by atoms with van der Waals surface area (Å²) in [7, 11) is 1.87. The molecule has 104 valence electrons. The van der Waals surface area contributed by atoms with E-state index in [-0.39, 0.29) is 5.91 Å². The van der Waals surface area contributed by atoms with Crippen LogP contribution in [0.1, 0.15) is 27.0 Å². The minimum absolute atomic E-state index is 0.0792. The van der Waals surface area contributed by atoms with Crippen LogP contribution < -0.4 is 10.6 Å². The fraction of sp³-hybridized carbons (Fsp3) is 0.235. The van der Waals surface area contributed by atoms with Crippen LogP contribution in [0.15, 0.2) is 36.4 Å². The van der Waals surface area contributed by atoms with Gasteiger partial charge in [-0.25, -0.2) is 0 Å². The molecular formula is C17H20N2O. The third-order valence-corrected chi connectivity index (χ3v) is 3.61. The summed E-state index contributed by atoms with van der Waals surface area (Å²) < 4.78 is 0. The van der Waals surface area contributed by atoms with Gasteiger partial charge in [0.1, 0.15) is 0 Å². The SMILES string of the molecule is CNc1ccc(C(=O)Nc2cccc(C)c2C)cc1C. The van der Waals surface area contributed by atoms with Gasteiger partial charge in [0.05, 0.1) is 0 Å². The summed E-state index contributed by atoms with van der Waals surface area (Å²) in [4.78, 5) is 12.3. The number of carbonyl (C=O) groups is 1. The molecule has 0 heterocycles. The van der Waals surface area contributed by atoms with Gasteiger partial charge in [-0.2, -0.15) is 0 Å². The van der Waals surface area contributed by atoms with E-state index in [1.165, 1.54) is 5.56 Å². The number of rotatable bonds is 3. The van der Waals surface area contributed by atoms with Crippen molar-refractivity contribution in [1.29, 1.82) is 0 Å². The maximum Gasteiger partial charge on any atom is 0.255 e. The highest BCUT2D eigenvalue weighted by Crippen LogP contribution is 2.20. The van der Waals surface area contributed by atoms with Crippen molar-refractivity contribution in [2.24, 2.45) is 0 Å². The van der Waals surface area contributed by atoms with E-state index in [9.17, 15) is 4.79 Å². The predicted molar refractivity (Wildman–Crippen MR) is 84.6 cm³/mol. The Morgan fingerprint density at radius 1 is 0.950 bits per heavy atom. The van der Waals surface area contributed by atoms with Gasteiger partial charge < -0.3 is 10.6 Å². The molecule has 3 nitrogen and oxygen atoms in total. The van der Waals surface area contributed by atoms with Crippen molar-refractivity contribution in [2.45, 2.75) is 20.8 Å². The lowest BCUT2D eigenvalue weighted by Gasteiger charge is -2.11. The highest BCUT2D eigenvalue weighted by molar-refractivity contribution is 6.05. The van der Waals surface area contributed by atoms with Crippen LogP contribution in [0.5, 0.6) is 0 Å². The Kier molecular flexibility index (Phi) is 4.08. The molecule has 0 aliphatic carbocycles. The summed E-state index contributed by atoms with van der Waals surface area (Å²) >= 11 is 0. The van der Waals surface area contributed by atoms with E-state index in [1.807, 2.05) is 64.2 Å². The van der Waals surface area contributed by atoms with Gasteiger partial charge in [-0.1, -0.05) is 12.1 Å². The quantitative estimate of drug-likeness (QED) is 0.886. The van der Waals surface area contributed by atoms with Gasteiger partial charge in [0.2, 0.25) is 0 Å². The first kappa shape index (κ1) is 14.1. The lowest BCUT2D eigenvalue weighted by Crippen LogP contribution is -2.13. The average Bonchev–Trinajstić information content (AvgIpc) is 2.43. The fourth-order valence-corrected chi connectivity index (χ4v) is 2.17. The number of benzene rings is 2. The molecule has 0 saturated carbocycles. The largest absolute Gasteiger partial charge is 0.388 e. The van der Waals surface area contributed by atoms with Crippen LogP contribution >= 0.6 is 0 Å². The molecule has 0 atom stereocenters. The lowest BCUT2D eigenvalue weighted by molar-refractivity contribution is 0.102. The van der Waals surface area contributed by atoms with Crippen molar-refractivity contribution >= 4 is 17.3 Å². The van der Waals surface area contributed by atoms with Crippen LogP contribution in [0, 0.1) is 20.8 Å². The van der Waals surface area contributed by atoms with E-state index >= 15 is 0 Å². The zero-order valence-corrected chi connectivity index (χ0v) is 12.4. The monoisotopic (exact) mass is 268 g/mol. The molecule has 0 aliphatic rings. The maximum absolute atomic E-state index is 12.3. The molecular weight excluding hydrogens is 248 g/mol. The summed E-state index contributed by atoms with van der Waals surface area (Å²) in [5, 5.41) is 6.07. The molecule has 0 fully saturated rings. The molecule has 0 aromatic heterocycles. The van der Waals surface area contributed by atoms with Crippen molar-refractivity contribution in [3.05, 3.63) is 58.7 Å². The molecule has 2 rings (SSSR count). The van der Waals surface area contributed by atoms with Crippen molar-refractivity contribution in [3.8, 4) is 0 Å². The Morgan fingerprint density at radius 2 is 1.70 bits per heavy atom. The van der Waals surface area contributed by atoms with Crippen molar-refractivity contribution in [1.82, 2.24) is 0 Å². The minimum Gasteiger partial charge on any atom is -0.388 e. The number of amides is 1. The van der Waals surface area contributed by atoms with Crippen LogP contribution in [0.25, 0.3) is 0 Å². The van der Waals surface area contributed by atoms with Gasteiger partial charge in [-0.15, -0.1) is 0 Å². The minimum atomic E-state index is -0.0792. The first-order valence-corrected chi connectivity index (χ1v) is 6.69. The van der Waals surface area contributed by atoms with Gasteiger partial charge in [-0.3, -0.25) is 4.79 Å². The van der Waals surface area contributed by atoms with Crippen molar-refractivity contribution in [3.63, 3.8) is 0 Å². The Bertz CT molecular complexity index is 647. The van der Waals surface area contributed by atoms with Crippen molar-refractivity contribution in [2.75, 3.05) is 17.7 Å². The smallest absolute Gasteiger partial charge is 0.255 e. The molecule has 20 heavy (non-hydrogen) atoms. The third-order valence-electron chi connectivity index (χ3n) is 3.61. The molecule has 0 bridgehead atoms. The number of nitrogens with one attached hydrogen (secondary N) is 2. The summed E-state index contributed by atoms with van der Waals surface area (Å²) in [6, 6.07) is 11.6. The van der Waals surface area contributed by atoms with E-state index in [0.29, 0.717) is 5.56 Å². The number of carbonyl (C=O) groups excluding carboxylic acids is 1.